The standard InChI is InChI=1S/C12H11ClN2/c1-8-3-5-10(6-4-8)11-7-9(2)12(13)15-14-11/h3-7H,1-2H3. The van der Waals surface area contributed by atoms with Gasteiger partial charge in [0.25, 0.3) is 0 Å². The highest BCUT2D eigenvalue weighted by Crippen LogP contribution is 2.20. The zero-order valence-corrected chi connectivity index (χ0v) is 9.42. The van der Waals surface area contributed by atoms with Gasteiger partial charge in [-0.05, 0) is 25.5 Å². The number of aryl methyl sites for hydroxylation is 2. The van der Waals surface area contributed by atoms with Gasteiger partial charge in [0.05, 0.1) is 5.69 Å². The Labute approximate surface area is 93.9 Å². The smallest absolute Gasteiger partial charge is 0.149 e. The van der Waals surface area contributed by atoms with Crippen LogP contribution in [0.2, 0.25) is 5.15 Å². The molecule has 0 saturated carbocycles. The largest absolute Gasteiger partial charge is 0.154 e. The molecule has 0 N–H and O–H groups in total. The van der Waals surface area contributed by atoms with Gasteiger partial charge in [-0.25, -0.2) is 0 Å². The lowest BCUT2D eigenvalue weighted by molar-refractivity contribution is 1.02. The van der Waals surface area contributed by atoms with Gasteiger partial charge < -0.3 is 0 Å². The molecular formula is C12H11ClN2. The van der Waals surface area contributed by atoms with Crippen molar-refractivity contribution in [2.45, 2.75) is 13.8 Å². The summed E-state index contributed by atoms with van der Waals surface area (Å²) in [5.41, 5.74) is 4.10. The third kappa shape index (κ3) is 2.16. The Morgan fingerprint density at radius 3 is 2.27 bits per heavy atom. The first-order valence-corrected chi connectivity index (χ1v) is 5.11. The molecule has 0 fully saturated rings. The molecule has 1 heterocycles. The van der Waals surface area contributed by atoms with Crippen LogP contribution in [0, 0.1) is 13.8 Å². The maximum atomic E-state index is 5.82. The quantitative estimate of drug-likeness (QED) is 0.733. The van der Waals surface area contributed by atoms with E-state index in [9.17, 15) is 0 Å². The van der Waals surface area contributed by atoms with Crippen LogP contribution >= 0.6 is 11.6 Å². The minimum atomic E-state index is 0.464. The van der Waals surface area contributed by atoms with Crippen LogP contribution in [-0.4, -0.2) is 10.2 Å². The predicted molar refractivity (Wildman–Crippen MR) is 62.0 cm³/mol. The molecule has 0 unspecified atom stereocenters. The minimum Gasteiger partial charge on any atom is -0.149 e. The second kappa shape index (κ2) is 3.99. The molecule has 0 radical (unpaired) electrons. The first-order valence-electron chi connectivity index (χ1n) is 4.73. The third-order valence-electron chi connectivity index (χ3n) is 2.27. The van der Waals surface area contributed by atoms with Gasteiger partial charge in [-0.15, -0.1) is 10.2 Å². The van der Waals surface area contributed by atoms with Crippen LogP contribution in [-0.2, 0) is 0 Å². The molecule has 0 spiro atoms. The number of benzene rings is 1. The van der Waals surface area contributed by atoms with E-state index in [0.29, 0.717) is 5.15 Å². The van der Waals surface area contributed by atoms with Gasteiger partial charge in [0.15, 0.2) is 5.15 Å². The van der Waals surface area contributed by atoms with Crippen molar-refractivity contribution in [3.63, 3.8) is 0 Å². The monoisotopic (exact) mass is 218 g/mol. The Morgan fingerprint density at radius 1 is 1.00 bits per heavy atom. The Balaban J connectivity index is 2.45. The van der Waals surface area contributed by atoms with Crippen LogP contribution in [0.3, 0.4) is 0 Å². The Kier molecular flexibility index (Phi) is 2.69. The van der Waals surface area contributed by atoms with E-state index in [0.717, 1.165) is 16.8 Å². The topological polar surface area (TPSA) is 25.8 Å². The van der Waals surface area contributed by atoms with E-state index in [4.69, 9.17) is 11.6 Å². The maximum absolute atomic E-state index is 5.82. The molecule has 0 saturated heterocycles. The van der Waals surface area contributed by atoms with E-state index in [1.165, 1.54) is 5.56 Å². The lowest BCUT2D eigenvalue weighted by atomic mass is 10.1. The Bertz CT molecular complexity index is 477. The van der Waals surface area contributed by atoms with E-state index >= 15 is 0 Å². The number of rotatable bonds is 1. The summed E-state index contributed by atoms with van der Waals surface area (Å²) in [6, 6.07) is 10.1. The van der Waals surface area contributed by atoms with Gasteiger partial charge in [-0.2, -0.15) is 0 Å². The first kappa shape index (κ1) is 10.1. The van der Waals surface area contributed by atoms with E-state index < -0.39 is 0 Å². The molecule has 0 aliphatic carbocycles. The van der Waals surface area contributed by atoms with Gasteiger partial charge in [0.2, 0.25) is 0 Å². The van der Waals surface area contributed by atoms with Crippen molar-refractivity contribution in [3.8, 4) is 11.3 Å². The van der Waals surface area contributed by atoms with E-state index in [-0.39, 0.29) is 0 Å². The molecule has 1 aromatic carbocycles. The number of halogens is 1. The predicted octanol–water partition coefficient (Wildman–Crippen LogP) is 3.41. The molecule has 0 atom stereocenters. The van der Waals surface area contributed by atoms with Gasteiger partial charge in [-0.3, -0.25) is 0 Å². The summed E-state index contributed by atoms with van der Waals surface area (Å²) in [7, 11) is 0. The molecule has 3 heteroatoms. The molecule has 1 aromatic heterocycles. The fourth-order valence-corrected chi connectivity index (χ4v) is 1.43. The summed E-state index contributed by atoms with van der Waals surface area (Å²) >= 11 is 5.82. The molecule has 0 aliphatic rings. The third-order valence-corrected chi connectivity index (χ3v) is 2.65. The van der Waals surface area contributed by atoms with Crippen molar-refractivity contribution < 1.29 is 0 Å². The number of aromatic nitrogens is 2. The van der Waals surface area contributed by atoms with Crippen molar-refractivity contribution in [2.75, 3.05) is 0 Å². The number of nitrogens with zero attached hydrogens (tertiary/aromatic N) is 2. The fraction of sp³-hybridized carbons (Fsp3) is 0.167. The second-order valence-electron chi connectivity index (χ2n) is 3.57. The van der Waals surface area contributed by atoms with Crippen LogP contribution < -0.4 is 0 Å². The summed E-state index contributed by atoms with van der Waals surface area (Å²) < 4.78 is 0. The highest BCUT2D eigenvalue weighted by Gasteiger charge is 2.02. The highest BCUT2D eigenvalue weighted by molar-refractivity contribution is 6.30. The van der Waals surface area contributed by atoms with Crippen molar-refractivity contribution in [2.24, 2.45) is 0 Å². The molecule has 0 aliphatic heterocycles. The summed E-state index contributed by atoms with van der Waals surface area (Å²) in [4.78, 5) is 0. The average molecular weight is 219 g/mol. The average Bonchev–Trinajstić information content (AvgIpc) is 2.23. The van der Waals surface area contributed by atoms with Crippen molar-refractivity contribution >= 4 is 11.6 Å². The summed E-state index contributed by atoms with van der Waals surface area (Å²) in [6.07, 6.45) is 0. The number of hydrogen-bond donors (Lipinski definition) is 0. The van der Waals surface area contributed by atoms with Gasteiger partial charge in [0, 0.05) is 5.56 Å². The van der Waals surface area contributed by atoms with Crippen LogP contribution in [0.1, 0.15) is 11.1 Å². The van der Waals surface area contributed by atoms with Crippen molar-refractivity contribution in [3.05, 3.63) is 46.6 Å². The fourth-order valence-electron chi connectivity index (χ4n) is 1.34. The van der Waals surface area contributed by atoms with Crippen LogP contribution in [0.15, 0.2) is 30.3 Å². The summed E-state index contributed by atoms with van der Waals surface area (Å²) in [5.74, 6) is 0. The maximum Gasteiger partial charge on any atom is 0.154 e. The summed E-state index contributed by atoms with van der Waals surface area (Å²) in [5, 5.41) is 8.41. The number of hydrogen-bond acceptors (Lipinski definition) is 2. The molecule has 0 amide bonds. The summed E-state index contributed by atoms with van der Waals surface area (Å²) in [6.45, 7) is 3.98. The zero-order valence-electron chi connectivity index (χ0n) is 8.66. The lowest BCUT2D eigenvalue weighted by Gasteiger charge is -2.02. The van der Waals surface area contributed by atoms with Crippen molar-refractivity contribution in [1.82, 2.24) is 10.2 Å². The van der Waals surface area contributed by atoms with Gasteiger partial charge in [0.1, 0.15) is 0 Å². The minimum absolute atomic E-state index is 0.464. The van der Waals surface area contributed by atoms with E-state index in [2.05, 4.69) is 29.3 Å². The van der Waals surface area contributed by atoms with Gasteiger partial charge >= 0.3 is 0 Å². The Hall–Kier alpha value is -1.41. The highest BCUT2D eigenvalue weighted by atomic mass is 35.5. The molecule has 2 rings (SSSR count). The van der Waals surface area contributed by atoms with E-state index in [1.54, 1.807) is 0 Å². The Morgan fingerprint density at radius 2 is 1.67 bits per heavy atom. The normalized spacial score (nSPS) is 10.3. The molecule has 0 bridgehead atoms. The van der Waals surface area contributed by atoms with Gasteiger partial charge in [-0.1, -0.05) is 41.4 Å². The zero-order chi connectivity index (χ0) is 10.8. The lowest BCUT2D eigenvalue weighted by Crippen LogP contribution is -1.90. The molecule has 2 nitrogen and oxygen atoms in total. The molecular weight excluding hydrogens is 208 g/mol. The molecule has 2 aromatic rings. The second-order valence-corrected chi connectivity index (χ2v) is 3.93. The first-order chi connectivity index (χ1) is 7.16. The van der Waals surface area contributed by atoms with E-state index in [1.807, 2.05) is 25.1 Å². The SMILES string of the molecule is Cc1ccc(-c2cc(C)c(Cl)nn2)cc1. The molecule has 15 heavy (non-hydrogen) atoms. The van der Waals surface area contributed by atoms with Crippen LogP contribution in [0.4, 0.5) is 0 Å². The van der Waals surface area contributed by atoms with Crippen LogP contribution in [0.5, 0.6) is 0 Å². The molecule has 76 valence electrons. The van der Waals surface area contributed by atoms with Crippen LogP contribution in [0.25, 0.3) is 11.3 Å². The van der Waals surface area contributed by atoms with Crippen molar-refractivity contribution in [1.29, 1.82) is 0 Å².